The van der Waals surface area contributed by atoms with Crippen molar-refractivity contribution in [1.82, 2.24) is 4.98 Å². The minimum Gasteiger partial charge on any atom is -0.465 e. The molecule has 0 atom stereocenters. The fraction of sp³-hybridized carbons (Fsp3) is 0.0667. The van der Waals surface area contributed by atoms with Crippen molar-refractivity contribution in [2.24, 2.45) is 0 Å². The van der Waals surface area contributed by atoms with Gasteiger partial charge in [-0.3, -0.25) is 4.79 Å². The number of ether oxygens (including phenoxy) is 1. The molecule has 0 radical (unpaired) electrons. The zero-order chi connectivity index (χ0) is 14.3. The van der Waals surface area contributed by atoms with E-state index >= 15 is 0 Å². The van der Waals surface area contributed by atoms with Crippen molar-refractivity contribution in [3.63, 3.8) is 0 Å². The first kappa shape index (κ1) is 12.3. The summed E-state index contributed by atoms with van der Waals surface area (Å²) < 4.78 is 18.2. The van der Waals surface area contributed by atoms with Gasteiger partial charge in [0.25, 0.3) is 5.56 Å². The van der Waals surface area contributed by atoms with Gasteiger partial charge in [-0.25, -0.2) is 9.18 Å². The van der Waals surface area contributed by atoms with Gasteiger partial charge in [-0.15, -0.1) is 0 Å². The summed E-state index contributed by atoms with van der Waals surface area (Å²) in [5, 5.41) is 1.80. The van der Waals surface area contributed by atoms with Gasteiger partial charge in [-0.05, 0) is 40.4 Å². The number of rotatable bonds is 1. The molecule has 0 saturated heterocycles. The van der Waals surface area contributed by atoms with E-state index in [-0.39, 0.29) is 5.56 Å². The van der Waals surface area contributed by atoms with Gasteiger partial charge in [0.15, 0.2) is 0 Å². The Morgan fingerprint density at radius 2 is 2.00 bits per heavy atom. The van der Waals surface area contributed by atoms with Crippen LogP contribution in [-0.4, -0.2) is 18.1 Å². The van der Waals surface area contributed by atoms with Crippen LogP contribution in [0.5, 0.6) is 0 Å². The van der Waals surface area contributed by atoms with Crippen LogP contribution in [0.25, 0.3) is 21.5 Å². The third-order valence-corrected chi connectivity index (χ3v) is 3.24. The summed E-state index contributed by atoms with van der Waals surface area (Å²) in [5.41, 5.74) is -0.0184. The van der Waals surface area contributed by atoms with Gasteiger partial charge >= 0.3 is 5.97 Å². The van der Waals surface area contributed by atoms with E-state index in [1.807, 2.05) is 0 Å². The van der Waals surface area contributed by atoms with E-state index in [2.05, 4.69) is 4.98 Å². The molecule has 0 bridgehead atoms. The number of carbonyl (C=O) groups excluding carboxylic acids is 1. The predicted molar refractivity (Wildman–Crippen MR) is 73.4 cm³/mol. The molecule has 0 aliphatic carbocycles. The van der Waals surface area contributed by atoms with Crippen molar-refractivity contribution in [3.8, 4) is 0 Å². The van der Waals surface area contributed by atoms with Gasteiger partial charge in [0.05, 0.1) is 18.1 Å². The monoisotopic (exact) mass is 271 g/mol. The normalized spacial score (nSPS) is 10.9. The van der Waals surface area contributed by atoms with Gasteiger partial charge in [-0.1, -0.05) is 6.07 Å². The van der Waals surface area contributed by atoms with Gasteiger partial charge < -0.3 is 9.72 Å². The van der Waals surface area contributed by atoms with Crippen molar-refractivity contribution >= 4 is 27.5 Å². The number of hydrogen-bond acceptors (Lipinski definition) is 3. The number of fused-ring (bicyclic) bond motifs is 3. The van der Waals surface area contributed by atoms with Crippen LogP contribution < -0.4 is 5.56 Å². The molecule has 0 spiro atoms. The predicted octanol–water partition coefficient (Wildman–Crippen LogP) is 2.61. The smallest absolute Gasteiger partial charge is 0.338 e. The van der Waals surface area contributed by atoms with Gasteiger partial charge in [0.1, 0.15) is 5.82 Å². The standard InChI is InChI=1S/C15H10FNO3/c1-20-15(19)12-6-8-4-5-17-14(18)13(8)11-7-9(16)2-3-10(11)12/h2-7H,1H3,(H,17,18). The molecule has 4 nitrogen and oxygen atoms in total. The molecule has 100 valence electrons. The zero-order valence-corrected chi connectivity index (χ0v) is 10.6. The van der Waals surface area contributed by atoms with E-state index in [0.29, 0.717) is 27.1 Å². The number of halogens is 1. The second kappa shape index (κ2) is 4.45. The van der Waals surface area contributed by atoms with Crippen molar-refractivity contribution in [2.75, 3.05) is 7.11 Å². The number of carbonyl (C=O) groups is 1. The number of aromatic nitrogens is 1. The van der Waals surface area contributed by atoms with Crippen LogP contribution >= 0.6 is 0 Å². The van der Waals surface area contributed by atoms with E-state index in [1.165, 1.54) is 31.5 Å². The van der Waals surface area contributed by atoms with Crippen molar-refractivity contribution in [2.45, 2.75) is 0 Å². The van der Waals surface area contributed by atoms with Crippen molar-refractivity contribution in [3.05, 3.63) is 58.3 Å². The minimum atomic E-state index is -0.524. The third kappa shape index (κ3) is 1.75. The van der Waals surface area contributed by atoms with Crippen LogP contribution in [0.15, 0.2) is 41.3 Å². The topological polar surface area (TPSA) is 59.2 Å². The van der Waals surface area contributed by atoms with Crippen LogP contribution in [0.1, 0.15) is 10.4 Å². The average Bonchev–Trinajstić information content (AvgIpc) is 2.45. The first-order valence-electron chi connectivity index (χ1n) is 5.94. The third-order valence-electron chi connectivity index (χ3n) is 3.24. The largest absolute Gasteiger partial charge is 0.465 e. The fourth-order valence-corrected chi connectivity index (χ4v) is 2.36. The van der Waals surface area contributed by atoms with Crippen LogP contribution in [0.4, 0.5) is 4.39 Å². The highest BCUT2D eigenvalue weighted by Gasteiger charge is 2.15. The summed E-state index contributed by atoms with van der Waals surface area (Å²) in [6.07, 6.45) is 1.48. The van der Waals surface area contributed by atoms with Crippen LogP contribution in [0, 0.1) is 5.82 Å². The molecule has 5 heteroatoms. The molecule has 1 aromatic heterocycles. The van der Waals surface area contributed by atoms with Crippen molar-refractivity contribution < 1.29 is 13.9 Å². The SMILES string of the molecule is COC(=O)c1cc2cc[nH]c(=O)c2c2cc(F)ccc12. The molecule has 20 heavy (non-hydrogen) atoms. The maximum absolute atomic E-state index is 13.5. The number of methoxy groups -OCH3 is 1. The molecule has 3 rings (SSSR count). The average molecular weight is 271 g/mol. The molecule has 1 heterocycles. The Kier molecular flexibility index (Phi) is 2.75. The molecular formula is C15H10FNO3. The zero-order valence-electron chi connectivity index (χ0n) is 10.6. The molecule has 0 aliphatic heterocycles. The number of H-pyrrole nitrogens is 1. The van der Waals surface area contributed by atoms with Gasteiger partial charge in [-0.2, -0.15) is 0 Å². The Morgan fingerprint density at radius 3 is 2.75 bits per heavy atom. The minimum absolute atomic E-state index is 0.306. The Labute approximate surface area is 112 Å². The summed E-state index contributed by atoms with van der Waals surface area (Å²) in [5.74, 6) is -0.993. The highest BCUT2D eigenvalue weighted by atomic mass is 19.1. The highest BCUT2D eigenvalue weighted by molar-refractivity contribution is 6.15. The lowest BCUT2D eigenvalue weighted by molar-refractivity contribution is 0.0603. The molecular weight excluding hydrogens is 261 g/mol. The van der Waals surface area contributed by atoms with E-state index in [1.54, 1.807) is 12.1 Å². The van der Waals surface area contributed by atoms with Gasteiger partial charge in [0.2, 0.25) is 0 Å². The summed E-state index contributed by atoms with van der Waals surface area (Å²) in [4.78, 5) is 26.4. The Bertz CT molecular complexity index is 899. The first-order chi connectivity index (χ1) is 9.61. The lowest BCUT2D eigenvalue weighted by atomic mass is 9.98. The number of aromatic amines is 1. The van der Waals surface area contributed by atoms with E-state index in [4.69, 9.17) is 4.74 Å². The second-order valence-electron chi connectivity index (χ2n) is 4.38. The summed E-state index contributed by atoms with van der Waals surface area (Å²) >= 11 is 0. The van der Waals surface area contributed by atoms with Gasteiger partial charge in [0, 0.05) is 6.20 Å². The molecule has 0 unspecified atom stereocenters. The molecule has 0 aliphatic rings. The summed E-state index contributed by atoms with van der Waals surface area (Å²) in [7, 11) is 1.28. The maximum atomic E-state index is 13.5. The van der Waals surface area contributed by atoms with Crippen LogP contribution in [0.2, 0.25) is 0 Å². The molecule has 2 aromatic carbocycles. The van der Waals surface area contributed by atoms with E-state index < -0.39 is 11.8 Å². The number of esters is 1. The fourth-order valence-electron chi connectivity index (χ4n) is 2.36. The second-order valence-corrected chi connectivity index (χ2v) is 4.38. The molecule has 0 amide bonds. The van der Waals surface area contributed by atoms with Crippen LogP contribution in [-0.2, 0) is 4.74 Å². The lowest BCUT2D eigenvalue weighted by Crippen LogP contribution is -2.08. The summed E-state index contributed by atoms with van der Waals surface area (Å²) in [6, 6.07) is 7.21. The Balaban J connectivity index is 2.59. The van der Waals surface area contributed by atoms with Crippen LogP contribution in [0.3, 0.4) is 0 Å². The van der Waals surface area contributed by atoms with Crippen molar-refractivity contribution in [1.29, 1.82) is 0 Å². The summed E-state index contributed by atoms with van der Waals surface area (Å²) in [6.45, 7) is 0. The van der Waals surface area contributed by atoms with E-state index in [0.717, 1.165) is 0 Å². The highest BCUT2D eigenvalue weighted by Crippen LogP contribution is 2.27. The maximum Gasteiger partial charge on any atom is 0.338 e. The Hall–Kier alpha value is -2.69. The lowest BCUT2D eigenvalue weighted by Gasteiger charge is -2.08. The quantitative estimate of drug-likeness (QED) is 0.546. The molecule has 0 saturated carbocycles. The number of pyridine rings is 1. The number of nitrogens with one attached hydrogen (secondary N) is 1. The van der Waals surface area contributed by atoms with E-state index in [9.17, 15) is 14.0 Å². The Morgan fingerprint density at radius 1 is 1.20 bits per heavy atom. The number of benzene rings is 2. The first-order valence-corrected chi connectivity index (χ1v) is 5.94. The molecule has 1 N–H and O–H groups in total. The molecule has 3 aromatic rings. The molecule has 0 fully saturated rings. The number of hydrogen-bond donors (Lipinski definition) is 1.